The molecule has 0 saturated heterocycles. The molecule has 1 heterocycles. The molecule has 0 aliphatic rings. The number of benzene rings is 2. The summed E-state index contributed by atoms with van der Waals surface area (Å²) in [5, 5.41) is 10.4. The van der Waals surface area contributed by atoms with Crippen LogP contribution in [0.25, 0.3) is 11.3 Å². The van der Waals surface area contributed by atoms with Crippen LogP contribution in [0.1, 0.15) is 17.3 Å². The number of carbonyl (C=O) groups excluding carboxylic acids is 1. The first-order valence-electron chi connectivity index (χ1n) is 9.47. The number of para-hydroxylation sites is 1. The zero-order valence-electron chi connectivity index (χ0n) is 18.7. The van der Waals surface area contributed by atoms with Gasteiger partial charge in [-0.05, 0) is 43.4 Å². The van der Waals surface area contributed by atoms with Gasteiger partial charge in [-0.15, -0.1) is 11.3 Å². The Balaban J connectivity index is 0.000000490. The minimum atomic E-state index is 0.000000000000000222. The van der Waals surface area contributed by atoms with Gasteiger partial charge in [0.1, 0.15) is 11.5 Å². The Hall–Kier alpha value is -2.73. The fraction of sp³-hybridized carbons (Fsp3) is 0.227. The van der Waals surface area contributed by atoms with Crippen molar-refractivity contribution in [3.05, 3.63) is 59.5 Å². The molecule has 8 nitrogen and oxygen atoms in total. The average molecular weight is 558 g/mol. The van der Waals surface area contributed by atoms with Gasteiger partial charge in [-0.2, -0.15) is 0 Å². The monoisotopic (exact) mass is 556 g/mol. The summed E-state index contributed by atoms with van der Waals surface area (Å²) < 4.78 is 10.2. The van der Waals surface area contributed by atoms with Crippen molar-refractivity contribution in [3.63, 3.8) is 0 Å². The van der Waals surface area contributed by atoms with Gasteiger partial charge in [0.05, 0.1) is 30.8 Å². The van der Waals surface area contributed by atoms with Gasteiger partial charge in [-0.1, -0.05) is 40.2 Å². The van der Waals surface area contributed by atoms with E-state index in [1.807, 2.05) is 41.8 Å². The lowest BCUT2D eigenvalue weighted by Crippen LogP contribution is -2.18. The number of carbonyl (C=O) groups is 1. The number of nitrogen functional groups attached to an aromatic ring is 1. The highest BCUT2D eigenvalue weighted by atomic mass is 79.9. The zero-order valence-corrected chi connectivity index (χ0v) is 21.9. The molecule has 0 bridgehead atoms. The van der Waals surface area contributed by atoms with Crippen molar-refractivity contribution in [2.24, 2.45) is 11.5 Å². The summed E-state index contributed by atoms with van der Waals surface area (Å²) in [6.45, 7) is 1.93. The van der Waals surface area contributed by atoms with E-state index in [2.05, 4.69) is 44.6 Å². The van der Waals surface area contributed by atoms with E-state index in [9.17, 15) is 4.79 Å². The maximum absolute atomic E-state index is 11.3. The van der Waals surface area contributed by atoms with Gasteiger partial charge < -0.3 is 31.8 Å². The third-order valence-electron chi connectivity index (χ3n) is 3.42. The number of aliphatic hydroxyl groups excluding tert-OH is 1. The van der Waals surface area contributed by atoms with Crippen molar-refractivity contribution in [1.29, 1.82) is 0 Å². The Morgan fingerprint density at radius 3 is 2.24 bits per heavy atom. The lowest BCUT2D eigenvalue weighted by molar-refractivity contribution is 0.102. The number of anilines is 1. The van der Waals surface area contributed by atoms with E-state index in [1.165, 1.54) is 11.3 Å². The molecule has 180 valence electrons. The fourth-order valence-corrected chi connectivity index (χ4v) is 3.02. The van der Waals surface area contributed by atoms with Crippen molar-refractivity contribution in [3.8, 4) is 22.8 Å². The Morgan fingerprint density at radius 2 is 1.76 bits per heavy atom. The molecule has 2 aromatic carbocycles. The van der Waals surface area contributed by atoms with E-state index < -0.39 is 0 Å². The SMILES string of the molecule is CCO.COc1cccc(-c2csc(N)n2)c1.COc1ccccc1C(=O)CBr.NC(N)=S. The molecule has 0 atom stereocenters. The van der Waals surface area contributed by atoms with E-state index in [0.717, 1.165) is 17.0 Å². The average Bonchev–Trinajstić information content (AvgIpc) is 3.25. The van der Waals surface area contributed by atoms with Crippen LogP contribution in [-0.2, 0) is 0 Å². The Kier molecular flexibility index (Phi) is 16.3. The molecule has 7 N–H and O–H groups in total. The molecule has 11 heteroatoms. The molecular formula is C22H29BrN4O4S2. The zero-order chi connectivity index (χ0) is 25.2. The lowest BCUT2D eigenvalue weighted by Gasteiger charge is -2.04. The van der Waals surface area contributed by atoms with Gasteiger partial charge in [0, 0.05) is 17.6 Å². The van der Waals surface area contributed by atoms with Crippen molar-refractivity contribution < 1.29 is 19.4 Å². The summed E-state index contributed by atoms with van der Waals surface area (Å²) in [5.74, 6) is 1.49. The highest BCUT2D eigenvalue weighted by Crippen LogP contribution is 2.25. The summed E-state index contributed by atoms with van der Waals surface area (Å²) >= 11 is 8.64. The minimum Gasteiger partial charge on any atom is -0.497 e. The van der Waals surface area contributed by atoms with E-state index >= 15 is 0 Å². The van der Waals surface area contributed by atoms with Gasteiger partial charge in [0.25, 0.3) is 0 Å². The van der Waals surface area contributed by atoms with Crippen LogP contribution in [0.2, 0.25) is 0 Å². The van der Waals surface area contributed by atoms with E-state index in [4.69, 9.17) is 20.3 Å². The Labute approximate surface area is 211 Å². The maximum Gasteiger partial charge on any atom is 0.180 e. The smallest absolute Gasteiger partial charge is 0.180 e. The number of hydrogen-bond acceptors (Lipinski definition) is 8. The van der Waals surface area contributed by atoms with Crippen LogP contribution >= 0.6 is 39.5 Å². The molecule has 1 aromatic heterocycles. The van der Waals surface area contributed by atoms with Crippen LogP contribution in [0.3, 0.4) is 0 Å². The predicted octanol–water partition coefficient (Wildman–Crippen LogP) is 3.86. The molecule has 0 aliphatic carbocycles. The molecule has 0 fully saturated rings. The molecular weight excluding hydrogens is 528 g/mol. The first kappa shape index (κ1) is 30.3. The number of nitrogens with two attached hydrogens (primary N) is 3. The molecule has 0 spiro atoms. The number of Topliss-reactive ketones (excluding diaryl/α,β-unsaturated/α-hetero) is 1. The number of hydrogen-bond donors (Lipinski definition) is 4. The number of ether oxygens (including phenoxy) is 2. The van der Waals surface area contributed by atoms with Crippen molar-refractivity contribution in [2.75, 3.05) is 31.9 Å². The van der Waals surface area contributed by atoms with Crippen LogP contribution in [0.4, 0.5) is 5.13 Å². The number of ketones is 1. The van der Waals surface area contributed by atoms with Crippen LogP contribution < -0.4 is 26.7 Å². The molecule has 0 radical (unpaired) electrons. The fourth-order valence-electron chi connectivity index (χ4n) is 2.15. The summed E-state index contributed by atoms with van der Waals surface area (Å²) in [5.41, 5.74) is 17.3. The highest BCUT2D eigenvalue weighted by Gasteiger charge is 2.08. The third kappa shape index (κ3) is 12.8. The summed E-state index contributed by atoms with van der Waals surface area (Å²) in [4.78, 5) is 15.5. The second kappa shape index (κ2) is 17.8. The van der Waals surface area contributed by atoms with Gasteiger partial charge in [-0.25, -0.2) is 4.98 Å². The Bertz CT molecular complexity index is 982. The second-order valence-electron chi connectivity index (χ2n) is 5.78. The number of methoxy groups -OCH3 is 2. The minimum absolute atomic E-state index is 0.000000000000000222. The highest BCUT2D eigenvalue weighted by molar-refractivity contribution is 9.09. The molecule has 0 unspecified atom stereocenters. The lowest BCUT2D eigenvalue weighted by atomic mass is 10.1. The largest absolute Gasteiger partial charge is 0.497 e. The van der Waals surface area contributed by atoms with Crippen molar-refractivity contribution >= 4 is 55.5 Å². The first-order valence-corrected chi connectivity index (χ1v) is 11.9. The van der Waals surface area contributed by atoms with Crippen molar-refractivity contribution in [1.82, 2.24) is 4.98 Å². The standard InChI is InChI=1S/C10H10N2OS.C9H9BrO2.C2H6O.CH4N2S/c1-13-8-4-2-3-7(5-8)9-6-14-10(11)12-9;1-12-9-5-3-2-4-7(9)8(11)6-10;1-2-3;2-1(3)4/h2-6H,1H3,(H2,11,12);2-5H,6H2,1H3;3H,2H2,1H3;(H4,2,3,4). The number of thiocarbonyl (C=S) groups is 1. The number of alkyl halides is 1. The van der Waals surface area contributed by atoms with E-state index in [1.54, 1.807) is 33.3 Å². The van der Waals surface area contributed by atoms with E-state index in [0.29, 0.717) is 21.8 Å². The number of aromatic nitrogens is 1. The third-order valence-corrected chi connectivity index (χ3v) is 4.60. The quantitative estimate of drug-likeness (QED) is 0.209. The molecule has 3 aromatic rings. The normalized spacial score (nSPS) is 9.00. The van der Waals surface area contributed by atoms with Gasteiger partial charge in [-0.3, -0.25) is 4.79 Å². The predicted molar refractivity (Wildman–Crippen MR) is 143 cm³/mol. The summed E-state index contributed by atoms with van der Waals surface area (Å²) in [7, 11) is 3.20. The summed E-state index contributed by atoms with van der Waals surface area (Å²) in [6.07, 6.45) is 0. The topological polar surface area (TPSA) is 147 Å². The van der Waals surface area contributed by atoms with Crippen LogP contribution in [0.15, 0.2) is 53.9 Å². The molecule has 0 amide bonds. The molecule has 33 heavy (non-hydrogen) atoms. The van der Waals surface area contributed by atoms with Gasteiger partial charge in [0.15, 0.2) is 16.0 Å². The maximum atomic E-state index is 11.3. The van der Waals surface area contributed by atoms with Crippen molar-refractivity contribution in [2.45, 2.75) is 6.92 Å². The summed E-state index contributed by atoms with van der Waals surface area (Å²) in [6, 6.07) is 14.9. The number of thiazole rings is 1. The molecule has 0 saturated carbocycles. The van der Waals surface area contributed by atoms with Crippen LogP contribution in [-0.4, -0.2) is 47.1 Å². The number of rotatable bonds is 5. The van der Waals surface area contributed by atoms with Crippen LogP contribution in [0.5, 0.6) is 11.5 Å². The van der Waals surface area contributed by atoms with E-state index in [-0.39, 0.29) is 17.5 Å². The second-order valence-corrected chi connectivity index (χ2v) is 7.70. The molecule has 0 aliphatic heterocycles. The van der Waals surface area contributed by atoms with Gasteiger partial charge in [0.2, 0.25) is 0 Å². The number of nitrogens with zero attached hydrogens (tertiary/aromatic N) is 1. The van der Waals surface area contributed by atoms with Gasteiger partial charge >= 0.3 is 0 Å². The number of halogens is 1. The Morgan fingerprint density at radius 1 is 1.15 bits per heavy atom. The number of aliphatic hydroxyl groups is 1. The first-order chi connectivity index (χ1) is 15.7. The van der Waals surface area contributed by atoms with Crippen LogP contribution in [0, 0.1) is 0 Å². The molecule has 3 rings (SSSR count).